The summed E-state index contributed by atoms with van der Waals surface area (Å²) in [5.74, 6) is 0.484. The predicted molar refractivity (Wildman–Crippen MR) is 105 cm³/mol. The number of rotatable bonds is 5. The van der Waals surface area contributed by atoms with Crippen LogP contribution in [-0.2, 0) is 9.59 Å². The Morgan fingerprint density at radius 1 is 1.18 bits per heavy atom. The molecule has 7 nitrogen and oxygen atoms in total. The van der Waals surface area contributed by atoms with Gasteiger partial charge in [0.2, 0.25) is 5.91 Å². The zero-order chi connectivity index (χ0) is 20.3. The average molecular weight is 387 g/mol. The summed E-state index contributed by atoms with van der Waals surface area (Å²) in [4.78, 5) is 40.5. The topological polar surface area (TPSA) is 79.0 Å². The molecule has 7 heteroatoms. The highest BCUT2D eigenvalue weighted by molar-refractivity contribution is 6.06. The second-order valence-corrected chi connectivity index (χ2v) is 7.99. The second kappa shape index (κ2) is 8.20. The quantitative estimate of drug-likeness (QED) is 0.788. The first-order valence-electron chi connectivity index (χ1n) is 9.91. The van der Waals surface area contributed by atoms with Crippen molar-refractivity contribution in [2.75, 3.05) is 20.2 Å². The van der Waals surface area contributed by atoms with Crippen LogP contribution in [0.2, 0.25) is 0 Å². The lowest BCUT2D eigenvalue weighted by Crippen LogP contribution is -2.41. The van der Waals surface area contributed by atoms with E-state index in [4.69, 9.17) is 4.74 Å². The van der Waals surface area contributed by atoms with Crippen LogP contribution in [0, 0.1) is 0 Å². The van der Waals surface area contributed by atoms with Gasteiger partial charge < -0.3 is 15.0 Å². The summed E-state index contributed by atoms with van der Waals surface area (Å²) < 4.78 is 5.23. The molecule has 2 aliphatic heterocycles. The number of nitrogens with zero attached hydrogens (tertiary/aromatic N) is 2. The van der Waals surface area contributed by atoms with Gasteiger partial charge in [-0.05, 0) is 44.4 Å². The molecule has 0 unspecified atom stereocenters. The Morgan fingerprint density at radius 3 is 2.50 bits per heavy atom. The minimum absolute atomic E-state index is 0.0143. The molecule has 2 heterocycles. The van der Waals surface area contributed by atoms with Crippen LogP contribution in [-0.4, -0.2) is 53.4 Å². The first-order valence-corrected chi connectivity index (χ1v) is 9.91. The van der Waals surface area contributed by atoms with Crippen molar-refractivity contribution < 1.29 is 19.1 Å². The SMILES string of the molecule is COc1ccc([C@H]2CCCCCN2C(=O)CCN2C(=O)NC(C)(C)C2=O)cc1. The minimum Gasteiger partial charge on any atom is -0.497 e. The minimum atomic E-state index is -0.908. The lowest BCUT2D eigenvalue weighted by Gasteiger charge is -2.31. The number of carbonyl (C=O) groups is 3. The molecule has 0 bridgehead atoms. The largest absolute Gasteiger partial charge is 0.497 e. The molecule has 0 aliphatic carbocycles. The highest BCUT2D eigenvalue weighted by Gasteiger charge is 2.44. The van der Waals surface area contributed by atoms with Gasteiger partial charge in [0.05, 0.1) is 13.2 Å². The number of hydrogen-bond donors (Lipinski definition) is 1. The van der Waals surface area contributed by atoms with Gasteiger partial charge in [0.1, 0.15) is 11.3 Å². The summed E-state index contributed by atoms with van der Waals surface area (Å²) in [6.07, 6.45) is 4.18. The number of carbonyl (C=O) groups excluding carboxylic acids is 3. The van der Waals surface area contributed by atoms with Crippen LogP contribution >= 0.6 is 0 Å². The maximum atomic E-state index is 13.0. The lowest BCUT2D eigenvalue weighted by atomic mass is 10.0. The predicted octanol–water partition coefficient (Wildman–Crippen LogP) is 2.86. The summed E-state index contributed by atoms with van der Waals surface area (Å²) in [6.45, 7) is 4.15. The molecule has 1 aromatic rings. The number of hydrogen-bond acceptors (Lipinski definition) is 4. The number of urea groups is 1. The Balaban J connectivity index is 1.70. The van der Waals surface area contributed by atoms with Gasteiger partial charge in [-0.2, -0.15) is 0 Å². The van der Waals surface area contributed by atoms with Crippen LogP contribution in [0.3, 0.4) is 0 Å². The average Bonchev–Trinajstić information content (AvgIpc) is 2.86. The van der Waals surface area contributed by atoms with E-state index in [0.717, 1.165) is 41.9 Å². The van der Waals surface area contributed by atoms with Gasteiger partial charge in [-0.3, -0.25) is 14.5 Å². The van der Waals surface area contributed by atoms with Gasteiger partial charge in [-0.15, -0.1) is 0 Å². The van der Waals surface area contributed by atoms with Crippen LogP contribution in [0.15, 0.2) is 24.3 Å². The molecule has 2 saturated heterocycles. The summed E-state index contributed by atoms with van der Waals surface area (Å²) >= 11 is 0. The van der Waals surface area contributed by atoms with E-state index >= 15 is 0 Å². The van der Waals surface area contributed by atoms with E-state index in [1.165, 1.54) is 0 Å². The highest BCUT2D eigenvalue weighted by Crippen LogP contribution is 2.31. The molecule has 0 radical (unpaired) electrons. The summed E-state index contributed by atoms with van der Waals surface area (Å²) in [5, 5.41) is 2.65. The number of ether oxygens (including phenoxy) is 1. The Kier molecular flexibility index (Phi) is 5.91. The van der Waals surface area contributed by atoms with Gasteiger partial charge >= 0.3 is 6.03 Å². The molecule has 28 heavy (non-hydrogen) atoms. The van der Waals surface area contributed by atoms with Crippen molar-refractivity contribution in [3.8, 4) is 5.75 Å². The number of methoxy groups -OCH3 is 1. The summed E-state index contributed by atoms with van der Waals surface area (Å²) in [5.41, 5.74) is 0.182. The first-order chi connectivity index (χ1) is 13.3. The lowest BCUT2D eigenvalue weighted by molar-refractivity contribution is -0.135. The fourth-order valence-corrected chi connectivity index (χ4v) is 3.95. The van der Waals surface area contributed by atoms with Crippen LogP contribution in [0.5, 0.6) is 5.75 Å². The molecule has 1 aromatic carbocycles. The molecule has 4 amide bonds. The third kappa shape index (κ3) is 4.13. The van der Waals surface area contributed by atoms with Crippen LogP contribution in [0.4, 0.5) is 4.79 Å². The molecule has 152 valence electrons. The van der Waals surface area contributed by atoms with E-state index in [9.17, 15) is 14.4 Å². The first kappa shape index (κ1) is 20.2. The molecular weight excluding hydrogens is 358 g/mol. The number of likely N-dealkylation sites (tertiary alicyclic amines) is 1. The maximum Gasteiger partial charge on any atom is 0.325 e. The number of amides is 4. The number of nitrogens with one attached hydrogen (secondary N) is 1. The smallest absolute Gasteiger partial charge is 0.325 e. The standard InChI is InChI=1S/C21H29N3O4/c1-21(2)19(26)24(20(27)22-21)14-12-18(25)23-13-6-4-5-7-17(23)15-8-10-16(28-3)11-9-15/h8-11,17H,4-7,12-14H2,1-3H3,(H,22,27)/t17-/m1/s1. The van der Waals surface area contributed by atoms with Crippen molar-refractivity contribution in [3.05, 3.63) is 29.8 Å². The zero-order valence-corrected chi connectivity index (χ0v) is 16.9. The second-order valence-electron chi connectivity index (χ2n) is 7.99. The van der Waals surface area contributed by atoms with Crippen LogP contribution in [0.25, 0.3) is 0 Å². The van der Waals surface area contributed by atoms with E-state index in [-0.39, 0.29) is 30.8 Å². The fourth-order valence-electron chi connectivity index (χ4n) is 3.95. The third-order valence-corrected chi connectivity index (χ3v) is 5.57. The van der Waals surface area contributed by atoms with Crippen molar-refractivity contribution in [2.24, 2.45) is 0 Å². The maximum absolute atomic E-state index is 13.0. The van der Waals surface area contributed by atoms with Gasteiger partial charge in [0.15, 0.2) is 0 Å². The summed E-state index contributed by atoms with van der Waals surface area (Å²) in [6, 6.07) is 7.44. The molecular formula is C21H29N3O4. The molecule has 0 saturated carbocycles. The molecule has 1 N–H and O–H groups in total. The molecule has 0 aromatic heterocycles. The Morgan fingerprint density at radius 2 is 1.89 bits per heavy atom. The fraction of sp³-hybridized carbons (Fsp3) is 0.571. The molecule has 1 atom stereocenters. The van der Waals surface area contributed by atoms with Gasteiger partial charge in [-0.1, -0.05) is 25.0 Å². The summed E-state index contributed by atoms with van der Waals surface area (Å²) in [7, 11) is 1.63. The van der Waals surface area contributed by atoms with E-state index in [0.29, 0.717) is 6.54 Å². The van der Waals surface area contributed by atoms with E-state index in [2.05, 4.69) is 5.32 Å². The van der Waals surface area contributed by atoms with Crippen LogP contribution < -0.4 is 10.1 Å². The van der Waals surface area contributed by atoms with E-state index < -0.39 is 11.6 Å². The van der Waals surface area contributed by atoms with Crippen molar-refractivity contribution in [3.63, 3.8) is 0 Å². The van der Waals surface area contributed by atoms with Crippen molar-refractivity contribution in [1.29, 1.82) is 0 Å². The molecule has 0 spiro atoms. The number of imide groups is 1. The molecule has 3 rings (SSSR count). The van der Waals surface area contributed by atoms with Gasteiger partial charge in [0.25, 0.3) is 5.91 Å². The van der Waals surface area contributed by atoms with Gasteiger partial charge in [-0.25, -0.2) is 4.79 Å². The van der Waals surface area contributed by atoms with E-state index in [1.807, 2.05) is 29.2 Å². The Labute approximate surface area is 166 Å². The third-order valence-electron chi connectivity index (χ3n) is 5.57. The normalized spacial score (nSPS) is 22.0. The monoisotopic (exact) mass is 387 g/mol. The van der Waals surface area contributed by atoms with Crippen LogP contribution in [0.1, 0.15) is 57.6 Å². The van der Waals surface area contributed by atoms with E-state index in [1.54, 1.807) is 21.0 Å². The molecule has 2 fully saturated rings. The Hall–Kier alpha value is -2.57. The Bertz CT molecular complexity index is 745. The highest BCUT2D eigenvalue weighted by atomic mass is 16.5. The van der Waals surface area contributed by atoms with Crippen molar-refractivity contribution in [2.45, 2.75) is 57.5 Å². The van der Waals surface area contributed by atoms with Gasteiger partial charge in [0, 0.05) is 19.5 Å². The van der Waals surface area contributed by atoms with Crippen molar-refractivity contribution >= 4 is 17.8 Å². The molecule has 2 aliphatic rings. The number of benzene rings is 1. The zero-order valence-electron chi connectivity index (χ0n) is 16.9. The van der Waals surface area contributed by atoms with Crippen molar-refractivity contribution in [1.82, 2.24) is 15.1 Å².